The molecule has 1 rings (SSSR count). The Morgan fingerprint density at radius 1 is 1.53 bits per heavy atom. The molecule has 0 saturated carbocycles. The van der Waals surface area contributed by atoms with Crippen LogP contribution in [0.5, 0.6) is 0 Å². The van der Waals surface area contributed by atoms with Crippen molar-refractivity contribution in [1.29, 1.82) is 0 Å². The average Bonchev–Trinajstić information content (AvgIpc) is 2.76. The Labute approximate surface area is 110 Å². The van der Waals surface area contributed by atoms with Crippen LogP contribution in [0.3, 0.4) is 0 Å². The molecule has 0 aromatic carbocycles. The molecule has 0 radical (unpaired) electrons. The van der Waals surface area contributed by atoms with Crippen molar-refractivity contribution in [2.75, 3.05) is 13.2 Å². The fraction of sp³-hybridized carbons (Fsp3) is 0.636. The normalized spacial score (nSPS) is 12.2. The van der Waals surface area contributed by atoms with E-state index in [1.807, 2.05) is 6.92 Å². The Balaban J connectivity index is 3.03. The number of aliphatic hydroxyl groups is 1. The van der Waals surface area contributed by atoms with Crippen molar-refractivity contribution in [3.63, 3.8) is 0 Å². The summed E-state index contributed by atoms with van der Waals surface area (Å²) in [5.74, 6) is -1.48. The number of carbonyl (C=O) groups is 2. The number of hydrogen-bond acceptors (Lipinski definition) is 5. The van der Waals surface area contributed by atoms with Gasteiger partial charge in [0.2, 0.25) is 5.91 Å². The predicted molar refractivity (Wildman–Crippen MR) is 65.2 cm³/mol. The molecule has 0 bridgehead atoms. The average molecular weight is 270 g/mol. The molecule has 1 unspecified atom stereocenters. The number of aliphatic carboxylic acids is 1. The van der Waals surface area contributed by atoms with E-state index in [4.69, 9.17) is 5.11 Å². The van der Waals surface area contributed by atoms with Crippen LogP contribution in [0.2, 0.25) is 0 Å². The third kappa shape index (κ3) is 3.75. The van der Waals surface area contributed by atoms with Crippen LogP contribution >= 0.6 is 0 Å². The van der Waals surface area contributed by atoms with Crippen molar-refractivity contribution in [2.45, 2.75) is 32.9 Å². The highest BCUT2D eigenvalue weighted by molar-refractivity contribution is 5.82. The highest BCUT2D eigenvalue weighted by Crippen LogP contribution is 2.19. The van der Waals surface area contributed by atoms with Crippen LogP contribution in [0.1, 0.15) is 32.0 Å². The third-order valence-electron chi connectivity index (χ3n) is 2.58. The van der Waals surface area contributed by atoms with Gasteiger partial charge in [0.25, 0.3) is 0 Å². The first-order chi connectivity index (χ1) is 9.01. The van der Waals surface area contributed by atoms with E-state index in [2.05, 4.69) is 10.3 Å². The fourth-order valence-corrected chi connectivity index (χ4v) is 1.78. The van der Waals surface area contributed by atoms with Gasteiger partial charge in [0.05, 0.1) is 19.3 Å². The minimum absolute atomic E-state index is 0.119. The first kappa shape index (κ1) is 15.1. The second-order valence-electron chi connectivity index (χ2n) is 4.08. The molecule has 0 spiro atoms. The number of nitrogens with zero attached hydrogens (tertiary/aromatic N) is 4. The summed E-state index contributed by atoms with van der Waals surface area (Å²) in [6.07, 6.45) is 2.08. The summed E-state index contributed by atoms with van der Waals surface area (Å²) in [5, 5.41) is 25.6. The number of rotatable bonds is 7. The van der Waals surface area contributed by atoms with Gasteiger partial charge in [-0.1, -0.05) is 12.1 Å². The van der Waals surface area contributed by atoms with Crippen molar-refractivity contribution in [3.05, 3.63) is 11.9 Å². The minimum Gasteiger partial charge on any atom is -0.479 e. The molecule has 0 saturated heterocycles. The Kier molecular flexibility index (Phi) is 5.43. The van der Waals surface area contributed by atoms with Crippen LogP contribution < -0.4 is 0 Å². The molecule has 0 aliphatic heterocycles. The molecule has 19 heavy (non-hydrogen) atoms. The zero-order valence-electron chi connectivity index (χ0n) is 11.0. The maximum atomic E-state index is 11.6. The van der Waals surface area contributed by atoms with E-state index < -0.39 is 12.0 Å². The summed E-state index contributed by atoms with van der Waals surface area (Å²) in [5.41, 5.74) is 0.185. The van der Waals surface area contributed by atoms with Gasteiger partial charge in [-0.2, -0.15) is 0 Å². The van der Waals surface area contributed by atoms with Crippen molar-refractivity contribution in [1.82, 2.24) is 19.9 Å². The standard InChI is InChI=1S/C11H18N4O4/c1-3-4-15(8(2)17)10(11(18)19)9-7-14(5-6-16)13-12-9/h7,10,16H,3-6H2,1-2H3,(H,18,19). The van der Waals surface area contributed by atoms with E-state index in [0.29, 0.717) is 13.0 Å². The summed E-state index contributed by atoms with van der Waals surface area (Å²) in [6, 6.07) is -1.15. The van der Waals surface area contributed by atoms with Gasteiger partial charge in [0, 0.05) is 13.5 Å². The Bertz CT molecular complexity index is 446. The van der Waals surface area contributed by atoms with Gasteiger partial charge < -0.3 is 15.1 Å². The molecule has 1 atom stereocenters. The number of carboxylic acids is 1. The lowest BCUT2D eigenvalue weighted by molar-refractivity contribution is -0.150. The molecule has 106 valence electrons. The number of hydrogen-bond donors (Lipinski definition) is 2. The van der Waals surface area contributed by atoms with E-state index in [1.54, 1.807) is 0 Å². The Morgan fingerprint density at radius 2 is 2.21 bits per heavy atom. The summed E-state index contributed by atoms with van der Waals surface area (Å²) in [7, 11) is 0. The topological polar surface area (TPSA) is 109 Å². The van der Waals surface area contributed by atoms with Crippen LogP contribution in [-0.2, 0) is 16.1 Å². The first-order valence-corrected chi connectivity index (χ1v) is 6.02. The highest BCUT2D eigenvalue weighted by atomic mass is 16.4. The molecule has 8 heteroatoms. The molecule has 1 heterocycles. The smallest absolute Gasteiger partial charge is 0.332 e. The second kappa shape index (κ2) is 6.83. The fourth-order valence-electron chi connectivity index (χ4n) is 1.78. The van der Waals surface area contributed by atoms with Gasteiger partial charge in [-0.25, -0.2) is 9.48 Å². The monoisotopic (exact) mass is 270 g/mol. The molecule has 0 aliphatic carbocycles. The molecular weight excluding hydrogens is 252 g/mol. The predicted octanol–water partition coefficient (Wildman–Crippen LogP) is -0.345. The van der Waals surface area contributed by atoms with E-state index in [0.717, 1.165) is 0 Å². The zero-order valence-corrected chi connectivity index (χ0v) is 11.0. The van der Waals surface area contributed by atoms with Gasteiger partial charge in [0.1, 0.15) is 5.69 Å². The lowest BCUT2D eigenvalue weighted by atomic mass is 10.1. The third-order valence-corrected chi connectivity index (χ3v) is 2.58. The Hall–Kier alpha value is -1.96. The molecule has 1 aromatic heterocycles. The summed E-state index contributed by atoms with van der Waals surface area (Å²) >= 11 is 0. The van der Waals surface area contributed by atoms with Crippen LogP contribution in [0.4, 0.5) is 0 Å². The SMILES string of the molecule is CCCN(C(C)=O)C(C(=O)O)c1cn(CCO)nn1. The minimum atomic E-state index is -1.15. The molecule has 8 nitrogen and oxygen atoms in total. The van der Waals surface area contributed by atoms with Crippen LogP contribution in [-0.4, -0.2) is 55.1 Å². The van der Waals surface area contributed by atoms with Crippen LogP contribution in [0.15, 0.2) is 6.20 Å². The van der Waals surface area contributed by atoms with E-state index in [9.17, 15) is 14.7 Å². The van der Waals surface area contributed by atoms with E-state index in [-0.39, 0.29) is 24.8 Å². The summed E-state index contributed by atoms with van der Waals surface area (Å²) in [6.45, 7) is 3.62. The summed E-state index contributed by atoms with van der Waals surface area (Å²) < 4.78 is 1.34. The maximum Gasteiger partial charge on any atom is 0.332 e. The van der Waals surface area contributed by atoms with Crippen LogP contribution in [0.25, 0.3) is 0 Å². The van der Waals surface area contributed by atoms with E-state index >= 15 is 0 Å². The lowest BCUT2D eigenvalue weighted by Gasteiger charge is -2.25. The molecule has 0 aliphatic rings. The van der Waals surface area contributed by atoms with Crippen molar-refractivity contribution < 1.29 is 19.8 Å². The van der Waals surface area contributed by atoms with Crippen molar-refractivity contribution in [3.8, 4) is 0 Å². The number of carboxylic acid groups (broad SMARTS) is 1. The molecule has 2 N–H and O–H groups in total. The quantitative estimate of drug-likeness (QED) is 0.701. The molecule has 1 amide bonds. The lowest BCUT2D eigenvalue weighted by Crippen LogP contribution is -2.38. The molecular formula is C11H18N4O4. The maximum absolute atomic E-state index is 11.6. The number of aromatic nitrogens is 3. The van der Waals surface area contributed by atoms with Gasteiger partial charge in [-0.05, 0) is 6.42 Å². The molecule has 0 fully saturated rings. The largest absolute Gasteiger partial charge is 0.479 e. The highest BCUT2D eigenvalue weighted by Gasteiger charge is 2.31. The Morgan fingerprint density at radius 3 is 2.68 bits per heavy atom. The molecule has 1 aromatic rings. The van der Waals surface area contributed by atoms with Gasteiger partial charge in [0.15, 0.2) is 6.04 Å². The van der Waals surface area contributed by atoms with Gasteiger partial charge in [-0.15, -0.1) is 5.10 Å². The van der Waals surface area contributed by atoms with Crippen LogP contribution in [0, 0.1) is 0 Å². The van der Waals surface area contributed by atoms with Crippen molar-refractivity contribution >= 4 is 11.9 Å². The van der Waals surface area contributed by atoms with Gasteiger partial charge >= 0.3 is 5.97 Å². The summed E-state index contributed by atoms with van der Waals surface area (Å²) in [4.78, 5) is 24.2. The number of carbonyl (C=O) groups excluding carboxylic acids is 1. The zero-order chi connectivity index (χ0) is 14.4. The second-order valence-corrected chi connectivity index (χ2v) is 4.08. The number of amides is 1. The van der Waals surface area contributed by atoms with Gasteiger partial charge in [-0.3, -0.25) is 4.79 Å². The van der Waals surface area contributed by atoms with Crippen molar-refractivity contribution in [2.24, 2.45) is 0 Å². The number of aliphatic hydroxyl groups excluding tert-OH is 1. The first-order valence-electron chi connectivity index (χ1n) is 6.02. The van der Waals surface area contributed by atoms with E-state index in [1.165, 1.54) is 22.7 Å².